The SMILES string of the molecule is Cc1cc(C)c(Cn2c[n+](Cc3ccc(C(C)(C)C)cc3)c3ccccc32)c(C)c1. The van der Waals surface area contributed by atoms with Crippen molar-refractivity contribution in [2.75, 3.05) is 0 Å². The first-order valence-corrected chi connectivity index (χ1v) is 10.9. The smallest absolute Gasteiger partial charge is 0.226 e. The van der Waals surface area contributed by atoms with Gasteiger partial charge in [-0.05, 0) is 66.1 Å². The zero-order valence-electron chi connectivity index (χ0n) is 19.2. The Morgan fingerprint density at radius 3 is 2.10 bits per heavy atom. The lowest BCUT2D eigenvalue weighted by atomic mass is 9.87. The molecule has 4 aromatic rings. The summed E-state index contributed by atoms with van der Waals surface area (Å²) in [4.78, 5) is 0. The minimum Gasteiger partial charge on any atom is -0.226 e. The minimum absolute atomic E-state index is 0.186. The molecule has 30 heavy (non-hydrogen) atoms. The quantitative estimate of drug-likeness (QED) is 0.360. The molecule has 0 bridgehead atoms. The first-order chi connectivity index (χ1) is 14.2. The van der Waals surface area contributed by atoms with Crippen molar-refractivity contribution in [2.24, 2.45) is 0 Å². The zero-order valence-corrected chi connectivity index (χ0v) is 19.2. The highest BCUT2D eigenvalue weighted by Crippen LogP contribution is 2.23. The van der Waals surface area contributed by atoms with Gasteiger partial charge in [0.05, 0.1) is 0 Å². The van der Waals surface area contributed by atoms with E-state index in [4.69, 9.17) is 0 Å². The van der Waals surface area contributed by atoms with E-state index in [1.165, 1.54) is 44.4 Å². The lowest BCUT2D eigenvalue weighted by Gasteiger charge is -2.18. The third-order valence-electron chi connectivity index (χ3n) is 6.12. The fraction of sp³-hybridized carbons (Fsp3) is 0.321. The first kappa shape index (κ1) is 20.4. The molecule has 0 aliphatic heterocycles. The first-order valence-electron chi connectivity index (χ1n) is 10.9. The Morgan fingerprint density at radius 1 is 0.833 bits per heavy atom. The van der Waals surface area contributed by atoms with Crippen LogP contribution in [0.4, 0.5) is 0 Å². The number of hydrogen-bond acceptors (Lipinski definition) is 0. The summed E-state index contributed by atoms with van der Waals surface area (Å²) in [5.74, 6) is 0. The number of rotatable bonds is 4. The second-order valence-corrected chi connectivity index (χ2v) is 9.68. The number of nitrogens with zero attached hydrogens (tertiary/aromatic N) is 2. The van der Waals surface area contributed by atoms with E-state index in [1.54, 1.807) is 0 Å². The highest BCUT2D eigenvalue weighted by molar-refractivity contribution is 5.71. The Hall–Kier alpha value is -2.87. The number of benzene rings is 3. The van der Waals surface area contributed by atoms with Crippen molar-refractivity contribution in [1.29, 1.82) is 0 Å². The third kappa shape index (κ3) is 4.05. The molecule has 0 N–H and O–H groups in total. The molecule has 4 rings (SSSR count). The second kappa shape index (κ2) is 7.75. The molecule has 0 aliphatic carbocycles. The van der Waals surface area contributed by atoms with Crippen LogP contribution in [0, 0.1) is 20.8 Å². The molecule has 0 spiro atoms. The Bertz CT molecular complexity index is 1160. The van der Waals surface area contributed by atoms with Crippen molar-refractivity contribution in [3.63, 3.8) is 0 Å². The molecule has 0 aliphatic rings. The highest BCUT2D eigenvalue weighted by Gasteiger charge is 2.18. The van der Waals surface area contributed by atoms with Gasteiger partial charge < -0.3 is 0 Å². The summed E-state index contributed by atoms with van der Waals surface area (Å²) >= 11 is 0. The topological polar surface area (TPSA) is 8.81 Å². The Labute approximate surface area is 180 Å². The Kier molecular flexibility index (Phi) is 5.27. The van der Waals surface area contributed by atoms with Crippen molar-refractivity contribution >= 4 is 11.0 Å². The van der Waals surface area contributed by atoms with Gasteiger partial charge in [0.25, 0.3) is 0 Å². The normalized spacial score (nSPS) is 11.9. The molecule has 2 heteroatoms. The fourth-order valence-corrected chi connectivity index (χ4v) is 4.43. The Balaban J connectivity index is 1.69. The maximum absolute atomic E-state index is 2.39. The molecule has 0 saturated heterocycles. The van der Waals surface area contributed by atoms with Gasteiger partial charge in [-0.15, -0.1) is 0 Å². The van der Waals surface area contributed by atoms with Crippen LogP contribution in [0.15, 0.2) is 67.0 Å². The summed E-state index contributed by atoms with van der Waals surface area (Å²) < 4.78 is 4.77. The van der Waals surface area contributed by atoms with Gasteiger partial charge in [0.15, 0.2) is 11.0 Å². The van der Waals surface area contributed by atoms with Crippen molar-refractivity contribution in [1.82, 2.24) is 4.57 Å². The number of para-hydroxylation sites is 2. The van der Waals surface area contributed by atoms with Crippen LogP contribution in [-0.4, -0.2) is 4.57 Å². The molecule has 1 aromatic heterocycles. The highest BCUT2D eigenvalue weighted by atomic mass is 15.1. The molecule has 0 fully saturated rings. The van der Waals surface area contributed by atoms with Crippen LogP contribution in [0.5, 0.6) is 0 Å². The van der Waals surface area contributed by atoms with Gasteiger partial charge in [0.1, 0.15) is 13.1 Å². The van der Waals surface area contributed by atoms with Crippen LogP contribution in [0.1, 0.15) is 54.2 Å². The van der Waals surface area contributed by atoms with E-state index < -0.39 is 0 Å². The van der Waals surface area contributed by atoms with E-state index in [9.17, 15) is 0 Å². The summed E-state index contributed by atoms with van der Waals surface area (Å²) in [6.45, 7) is 15.2. The third-order valence-corrected chi connectivity index (χ3v) is 6.12. The number of imidazole rings is 1. The molecular weight excluding hydrogens is 364 g/mol. The van der Waals surface area contributed by atoms with Gasteiger partial charge in [-0.3, -0.25) is 0 Å². The Morgan fingerprint density at radius 2 is 1.47 bits per heavy atom. The molecular formula is C28H33N2+. The van der Waals surface area contributed by atoms with Crippen LogP contribution in [0.2, 0.25) is 0 Å². The monoisotopic (exact) mass is 397 g/mol. The fourth-order valence-electron chi connectivity index (χ4n) is 4.43. The summed E-state index contributed by atoms with van der Waals surface area (Å²) in [6.07, 6.45) is 2.28. The van der Waals surface area contributed by atoms with Crippen LogP contribution in [0.3, 0.4) is 0 Å². The van der Waals surface area contributed by atoms with E-state index in [0.29, 0.717) is 0 Å². The van der Waals surface area contributed by atoms with Crippen LogP contribution >= 0.6 is 0 Å². The van der Waals surface area contributed by atoms with Crippen molar-refractivity contribution in [3.8, 4) is 0 Å². The molecule has 0 saturated carbocycles. The largest absolute Gasteiger partial charge is 0.245 e. The van der Waals surface area contributed by atoms with Crippen LogP contribution in [0.25, 0.3) is 11.0 Å². The summed E-state index contributed by atoms with van der Waals surface area (Å²) in [6, 6.07) is 22.4. The minimum atomic E-state index is 0.186. The van der Waals surface area contributed by atoms with E-state index in [1.807, 2.05) is 0 Å². The van der Waals surface area contributed by atoms with Crippen molar-refractivity contribution < 1.29 is 4.57 Å². The zero-order chi connectivity index (χ0) is 21.5. The number of fused-ring (bicyclic) bond motifs is 1. The lowest BCUT2D eigenvalue weighted by Crippen LogP contribution is -2.32. The maximum Gasteiger partial charge on any atom is 0.245 e. The molecule has 1 heterocycles. The molecule has 2 nitrogen and oxygen atoms in total. The average molecular weight is 398 g/mol. The standard InChI is InChI=1S/C28H33N2/c1-20-15-21(2)25(22(3)16-20)18-30-19-29(26-9-7-8-10-27(26)30)17-23-11-13-24(14-12-23)28(4,5)6/h7-16,19H,17-18H2,1-6H3/q+1. The van der Waals surface area contributed by atoms with Gasteiger partial charge in [0, 0.05) is 0 Å². The van der Waals surface area contributed by atoms with Gasteiger partial charge in [-0.1, -0.05) is 74.9 Å². The number of hydrogen-bond donors (Lipinski definition) is 0. The van der Waals surface area contributed by atoms with Crippen LogP contribution < -0.4 is 4.57 Å². The average Bonchev–Trinajstić information content (AvgIpc) is 3.02. The predicted octanol–water partition coefficient (Wildman–Crippen LogP) is 6.25. The van der Waals surface area contributed by atoms with Gasteiger partial charge in [-0.2, -0.15) is 0 Å². The van der Waals surface area contributed by atoms with E-state index >= 15 is 0 Å². The summed E-state index contributed by atoms with van der Waals surface area (Å²) in [7, 11) is 0. The summed E-state index contributed by atoms with van der Waals surface area (Å²) in [5, 5.41) is 0. The molecule has 0 unspecified atom stereocenters. The lowest BCUT2D eigenvalue weighted by molar-refractivity contribution is -0.663. The van der Waals surface area contributed by atoms with Gasteiger partial charge in [0.2, 0.25) is 6.33 Å². The molecule has 154 valence electrons. The van der Waals surface area contributed by atoms with E-state index in [0.717, 1.165) is 13.1 Å². The molecule has 0 atom stereocenters. The van der Waals surface area contributed by atoms with Gasteiger partial charge >= 0.3 is 0 Å². The van der Waals surface area contributed by atoms with Crippen molar-refractivity contribution in [3.05, 3.63) is 100 Å². The number of aromatic nitrogens is 2. The van der Waals surface area contributed by atoms with Crippen LogP contribution in [-0.2, 0) is 18.5 Å². The second-order valence-electron chi connectivity index (χ2n) is 9.68. The van der Waals surface area contributed by atoms with Gasteiger partial charge in [-0.25, -0.2) is 9.13 Å². The summed E-state index contributed by atoms with van der Waals surface area (Å²) in [5.41, 5.74) is 10.9. The van der Waals surface area contributed by atoms with E-state index in [2.05, 4.69) is 118 Å². The van der Waals surface area contributed by atoms with E-state index in [-0.39, 0.29) is 5.41 Å². The number of aryl methyl sites for hydroxylation is 3. The van der Waals surface area contributed by atoms with Crippen molar-refractivity contribution in [2.45, 2.75) is 60.0 Å². The molecule has 3 aromatic carbocycles. The predicted molar refractivity (Wildman–Crippen MR) is 126 cm³/mol. The maximum atomic E-state index is 2.39. The molecule has 0 amide bonds. The molecule has 0 radical (unpaired) electrons.